The molecule has 0 aliphatic carbocycles. The van der Waals surface area contributed by atoms with Crippen molar-refractivity contribution in [3.63, 3.8) is 0 Å². The van der Waals surface area contributed by atoms with Crippen LogP contribution in [0.3, 0.4) is 0 Å². The zero-order chi connectivity index (χ0) is 15.8. The molecule has 1 heterocycles. The molecule has 0 atom stereocenters. The summed E-state index contributed by atoms with van der Waals surface area (Å²) >= 11 is 0. The third-order valence-electron chi connectivity index (χ3n) is 3.99. The second-order valence-electron chi connectivity index (χ2n) is 7.53. The minimum absolute atomic E-state index is 0.312. The molecule has 0 amide bonds. The summed E-state index contributed by atoms with van der Waals surface area (Å²) < 4.78 is 2.21. The molecule has 2 rings (SSSR count). The van der Waals surface area contributed by atoms with Gasteiger partial charge < -0.3 is 0 Å². The number of nitrogens with zero attached hydrogens (tertiary/aromatic N) is 1. The topological polar surface area (TPSA) is 3.88 Å². The maximum atomic E-state index is 2.39. The lowest BCUT2D eigenvalue weighted by Crippen LogP contribution is -2.30. The third-order valence-corrected chi connectivity index (χ3v) is 3.99. The highest BCUT2D eigenvalue weighted by Gasteiger charge is 2.18. The molecule has 1 heteroatoms. The number of rotatable bonds is 2. The molecule has 0 aliphatic heterocycles. The van der Waals surface area contributed by atoms with Gasteiger partial charge in [-0.3, -0.25) is 0 Å². The number of benzene rings is 1. The average Bonchev–Trinajstić information content (AvgIpc) is 2.34. The molecule has 2 aromatic rings. The maximum Gasteiger partial charge on any atom is 0.212 e. The minimum atomic E-state index is 0.312. The summed E-state index contributed by atoms with van der Waals surface area (Å²) in [7, 11) is 2.12. The van der Waals surface area contributed by atoms with E-state index in [2.05, 4.69) is 83.6 Å². The van der Waals surface area contributed by atoms with Crippen molar-refractivity contribution in [3.05, 3.63) is 52.7 Å². The normalized spacial score (nSPS) is 11.8. The van der Waals surface area contributed by atoms with Gasteiger partial charge in [0, 0.05) is 17.7 Å². The van der Waals surface area contributed by atoms with Gasteiger partial charge in [-0.2, -0.15) is 0 Å². The first-order valence-electron chi connectivity index (χ1n) is 7.74. The molecule has 0 N–H and O–H groups in total. The van der Waals surface area contributed by atoms with E-state index in [1.54, 1.807) is 0 Å². The van der Waals surface area contributed by atoms with Gasteiger partial charge in [-0.05, 0) is 60.9 Å². The maximum absolute atomic E-state index is 2.39. The van der Waals surface area contributed by atoms with E-state index < -0.39 is 0 Å². The molecule has 1 nitrogen and oxygen atoms in total. The highest BCUT2D eigenvalue weighted by molar-refractivity contribution is 5.63. The van der Waals surface area contributed by atoms with Gasteiger partial charge in [-0.1, -0.05) is 26.8 Å². The van der Waals surface area contributed by atoms with Crippen molar-refractivity contribution in [2.45, 2.75) is 48.0 Å². The second-order valence-corrected chi connectivity index (χ2v) is 7.53. The van der Waals surface area contributed by atoms with Crippen LogP contribution in [-0.4, -0.2) is 0 Å². The Morgan fingerprint density at radius 1 is 0.952 bits per heavy atom. The molecule has 21 heavy (non-hydrogen) atoms. The minimum Gasteiger partial charge on any atom is -0.201 e. The Balaban J connectivity index is 2.58. The standard InChI is InChI=1S/C20H28N/c1-14-8-9-21(7)19(10-14)18-12-17(13-20(4,5)6)15(2)11-16(18)3/h8-12H,13H2,1-7H3/q+1. The number of pyridine rings is 1. The smallest absolute Gasteiger partial charge is 0.201 e. The van der Waals surface area contributed by atoms with E-state index in [1.165, 1.54) is 33.5 Å². The molecule has 0 spiro atoms. The molecular weight excluding hydrogens is 254 g/mol. The average molecular weight is 282 g/mol. The van der Waals surface area contributed by atoms with E-state index in [0.29, 0.717) is 5.41 Å². The number of aryl methyl sites for hydroxylation is 4. The molecule has 112 valence electrons. The Kier molecular flexibility index (Phi) is 4.22. The van der Waals surface area contributed by atoms with Crippen molar-refractivity contribution in [3.8, 4) is 11.3 Å². The molecule has 0 unspecified atom stereocenters. The van der Waals surface area contributed by atoms with Crippen LogP contribution in [0.5, 0.6) is 0 Å². The number of aromatic nitrogens is 1. The van der Waals surface area contributed by atoms with Gasteiger partial charge >= 0.3 is 0 Å². The van der Waals surface area contributed by atoms with Gasteiger partial charge in [0.05, 0.1) is 0 Å². The van der Waals surface area contributed by atoms with E-state index in [1.807, 2.05) is 0 Å². The molecular formula is C20H28N+. The third kappa shape index (κ3) is 3.72. The van der Waals surface area contributed by atoms with Gasteiger partial charge in [-0.15, -0.1) is 0 Å². The Morgan fingerprint density at radius 2 is 1.62 bits per heavy atom. The number of hydrogen-bond donors (Lipinski definition) is 0. The first-order valence-corrected chi connectivity index (χ1v) is 7.74. The summed E-state index contributed by atoms with van der Waals surface area (Å²) in [6, 6.07) is 9.16. The van der Waals surface area contributed by atoms with Crippen LogP contribution >= 0.6 is 0 Å². The molecule has 0 aliphatic rings. The fraction of sp³-hybridized carbons (Fsp3) is 0.450. The highest BCUT2D eigenvalue weighted by atomic mass is 14.9. The predicted octanol–water partition coefficient (Wildman–Crippen LogP) is 4.69. The fourth-order valence-corrected chi connectivity index (χ4v) is 2.88. The number of hydrogen-bond acceptors (Lipinski definition) is 0. The van der Waals surface area contributed by atoms with Crippen LogP contribution in [0.4, 0.5) is 0 Å². The Bertz CT molecular complexity index is 660. The van der Waals surface area contributed by atoms with E-state index >= 15 is 0 Å². The summed E-state index contributed by atoms with van der Waals surface area (Å²) in [6.45, 7) is 13.5. The highest BCUT2D eigenvalue weighted by Crippen LogP contribution is 2.29. The molecule has 0 bridgehead atoms. The van der Waals surface area contributed by atoms with E-state index in [4.69, 9.17) is 0 Å². The molecule has 0 fully saturated rings. The zero-order valence-corrected chi connectivity index (χ0v) is 14.5. The van der Waals surface area contributed by atoms with E-state index in [9.17, 15) is 0 Å². The zero-order valence-electron chi connectivity index (χ0n) is 14.5. The van der Waals surface area contributed by atoms with Crippen LogP contribution in [0.1, 0.15) is 43.0 Å². The second kappa shape index (κ2) is 5.63. The summed E-state index contributed by atoms with van der Waals surface area (Å²) in [5.41, 5.74) is 8.48. The van der Waals surface area contributed by atoms with Crippen LogP contribution in [0.15, 0.2) is 30.5 Å². The Morgan fingerprint density at radius 3 is 2.24 bits per heavy atom. The van der Waals surface area contributed by atoms with Gasteiger partial charge in [0.1, 0.15) is 7.05 Å². The van der Waals surface area contributed by atoms with Crippen LogP contribution in [0.25, 0.3) is 11.3 Å². The van der Waals surface area contributed by atoms with Crippen molar-refractivity contribution in [1.82, 2.24) is 0 Å². The van der Waals surface area contributed by atoms with Crippen molar-refractivity contribution in [2.75, 3.05) is 0 Å². The van der Waals surface area contributed by atoms with Crippen LogP contribution in [0.2, 0.25) is 0 Å². The van der Waals surface area contributed by atoms with Crippen molar-refractivity contribution in [1.29, 1.82) is 0 Å². The fourth-order valence-electron chi connectivity index (χ4n) is 2.88. The van der Waals surface area contributed by atoms with Gasteiger partial charge in [-0.25, -0.2) is 4.57 Å². The molecule has 1 aromatic carbocycles. The first kappa shape index (κ1) is 15.8. The van der Waals surface area contributed by atoms with E-state index in [-0.39, 0.29) is 0 Å². The summed E-state index contributed by atoms with van der Waals surface area (Å²) in [6.07, 6.45) is 3.26. The Labute approximate surface area is 129 Å². The predicted molar refractivity (Wildman–Crippen MR) is 90.4 cm³/mol. The van der Waals surface area contributed by atoms with Gasteiger partial charge in [0.15, 0.2) is 6.20 Å². The van der Waals surface area contributed by atoms with Crippen LogP contribution in [0, 0.1) is 26.2 Å². The quantitative estimate of drug-likeness (QED) is 0.703. The summed E-state index contributed by atoms with van der Waals surface area (Å²) in [5, 5.41) is 0. The van der Waals surface area contributed by atoms with Gasteiger partial charge in [0.25, 0.3) is 0 Å². The van der Waals surface area contributed by atoms with E-state index in [0.717, 1.165) is 6.42 Å². The lowest BCUT2D eigenvalue weighted by molar-refractivity contribution is -0.660. The summed E-state index contributed by atoms with van der Waals surface area (Å²) in [4.78, 5) is 0. The van der Waals surface area contributed by atoms with Crippen molar-refractivity contribution in [2.24, 2.45) is 12.5 Å². The lowest BCUT2D eigenvalue weighted by atomic mass is 9.84. The van der Waals surface area contributed by atoms with Crippen molar-refractivity contribution >= 4 is 0 Å². The van der Waals surface area contributed by atoms with Gasteiger partial charge in [0.2, 0.25) is 5.69 Å². The molecule has 0 radical (unpaired) electrons. The summed E-state index contributed by atoms with van der Waals surface area (Å²) in [5.74, 6) is 0. The monoisotopic (exact) mass is 282 g/mol. The molecule has 0 saturated heterocycles. The SMILES string of the molecule is Cc1cc[n+](C)c(-c2cc(CC(C)(C)C)c(C)cc2C)c1. The lowest BCUT2D eigenvalue weighted by Gasteiger charge is -2.21. The van der Waals surface area contributed by atoms with Crippen LogP contribution in [-0.2, 0) is 13.5 Å². The van der Waals surface area contributed by atoms with Crippen LogP contribution < -0.4 is 4.57 Å². The largest absolute Gasteiger partial charge is 0.212 e. The molecule has 0 saturated carbocycles. The van der Waals surface area contributed by atoms with Crippen molar-refractivity contribution < 1.29 is 4.57 Å². The molecule has 1 aromatic heterocycles. The Hall–Kier alpha value is -1.63. The first-order chi connectivity index (χ1) is 9.67.